The largest absolute Gasteiger partial charge is 0.484 e. The number of rotatable bonds is 9. The average molecular weight is 425 g/mol. The van der Waals surface area contributed by atoms with Gasteiger partial charge in [0.2, 0.25) is 10.0 Å². The zero-order chi connectivity index (χ0) is 20.7. The first-order chi connectivity index (χ1) is 13.3. The number of ether oxygens (including phenoxy) is 1. The summed E-state index contributed by atoms with van der Waals surface area (Å²) >= 11 is 5.88. The van der Waals surface area contributed by atoms with Crippen molar-refractivity contribution in [1.82, 2.24) is 9.62 Å². The standard InChI is InChI=1S/C20H25ClN2O4S/c1-4-23(5-2)28(25,26)19-11-9-16(10-12-19)15(3)22-20(24)14-27-18-8-6-7-17(21)13-18/h6-13,15H,4-5,14H2,1-3H3,(H,22,24)/t15-/m1/s1. The Hall–Kier alpha value is -2.09. The van der Waals surface area contributed by atoms with Gasteiger partial charge in [-0.3, -0.25) is 4.79 Å². The Morgan fingerprint density at radius 2 is 1.79 bits per heavy atom. The zero-order valence-electron chi connectivity index (χ0n) is 16.2. The molecule has 0 bridgehead atoms. The molecule has 0 heterocycles. The van der Waals surface area contributed by atoms with Crippen LogP contribution in [0.25, 0.3) is 0 Å². The Morgan fingerprint density at radius 1 is 1.14 bits per heavy atom. The third kappa shape index (κ3) is 5.70. The summed E-state index contributed by atoms with van der Waals surface area (Å²) in [6.07, 6.45) is 0. The fraction of sp³-hybridized carbons (Fsp3) is 0.350. The Balaban J connectivity index is 1.97. The molecule has 0 radical (unpaired) electrons. The topological polar surface area (TPSA) is 75.7 Å². The van der Waals surface area contributed by atoms with Gasteiger partial charge in [0.05, 0.1) is 10.9 Å². The van der Waals surface area contributed by atoms with E-state index in [1.807, 2.05) is 6.92 Å². The van der Waals surface area contributed by atoms with Gasteiger partial charge in [0.1, 0.15) is 5.75 Å². The predicted octanol–water partition coefficient (Wildman–Crippen LogP) is 3.63. The van der Waals surface area contributed by atoms with E-state index in [9.17, 15) is 13.2 Å². The third-order valence-electron chi connectivity index (χ3n) is 4.27. The number of amides is 1. The van der Waals surface area contributed by atoms with E-state index in [2.05, 4.69) is 5.32 Å². The van der Waals surface area contributed by atoms with Gasteiger partial charge in [-0.25, -0.2) is 8.42 Å². The second kappa shape index (κ2) is 9.91. The molecule has 152 valence electrons. The molecule has 0 fully saturated rings. The second-order valence-electron chi connectivity index (χ2n) is 6.19. The van der Waals surface area contributed by atoms with Crippen molar-refractivity contribution in [2.75, 3.05) is 19.7 Å². The minimum absolute atomic E-state index is 0.140. The first-order valence-corrected chi connectivity index (χ1v) is 10.9. The monoisotopic (exact) mass is 424 g/mol. The van der Waals surface area contributed by atoms with Crippen LogP contribution < -0.4 is 10.1 Å². The van der Waals surface area contributed by atoms with E-state index < -0.39 is 10.0 Å². The summed E-state index contributed by atoms with van der Waals surface area (Å²) in [7, 11) is -3.49. The van der Waals surface area contributed by atoms with E-state index in [4.69, 9.17) is 16.3 Å². The fourth-order valence-corrected chi connectivity index (χ4v) is 4.35. The van der Waals surface area contributed by atoms with Crippen molar-refractivity contribution in [2.45, 2.75) is 31.7 Å². The molecule has 0 aliphatic carbocycles. The van der Waals surface area contributed by atoms with Gasteiger partial charge in [-0.2, -0.15) is 4.31 Å². The van der Waals surface area contributed by atoms with Crippen LogP contribution in [0.5, 0.6) is 5.75 Å². The number of nitrogens with zero attached hydrogens (tertiary/aromatic N) is 1. The van der Waals surface area contributed by atoms with Crippen molar-refractivity contribution >= 4 is 27.5 Å². The highest BCUT2D eigenvalue weighted by Crippen LogP contribution is 2.20. The summed E-state index contributed by atoms with van der Waals surface area (Å²) < 4.78 is 31.9. The van der Waals surface area contributed by atoms with E-state index in [0.29, 0.717) is 23.9 Å². The van der Waals surface area contributed by atoms with Crippen LogP contribution in [-0.4, -0.2) is 38.3 Å². The van der Waals surface area contributed by atoms with Crippen molar-refractivity contribution in [3.8, 4) is 5.75 Å². The molecule has 0 spiro atoms. The lowest BCUT2D eigenvalue weighted by Gasteiger charge is -2.19. The summed E-state index contributed by atoms with van der Waals surface area (Å²) in [6.45, 7) is 6.13. The van der Waals surface area contributed by atoms with Gasteiger partial charge >= 0.3 is 0 Å². The predicted molar refractivity (Wildman–Crippen MR) is 110 cm³/mol. The van der Waals surface area contributed by atoms with Crippen LogP contribution in [0, 0.1) is 0 Å². The summed E-state index contributed by atoms with van der Waals surface area (Å²) in [6, 6.07) is 13.1. The number of sulfonamides is 1. The minimum atomic E-state index is -3.49. The van der Waals surface area contributed by atoms with E-state index >= 15 is 0 Å². The summed E-state index contributed by atoms with van der Waals surface area (Å²) in [5.41, 5.74) is 0.801. The molecule has 2 rings (SSSR count). The molecule has 28 heavy (non-hydrogen) atoms. The lowest BCUT2D eigenvalue weighted by Crippen LogP contribution is -2.31. The number of carbonyl (C=O) groups is 1. The number of benzene rings is 2. The fourth-order valence-electron chi connectivity index (χ4n) is 2.71. The van der Waals surface area contributed by atoms with Gasteiger partial charge < -0.3 is 10.1 Å². The average Bonchev–Trinajstić information content (AvgIpc) is 2.67. The summed E-state index contributed by atoms with van der Waals surface area (Å²) in [5, 5.41) is 3.36. The maximum atomic E-state index is 12.5. The van der Waals surface area contributed by atoms with Gasteiger partial charge in [-0.15, -0.1) is 0 Å². The number of nitrogens with one attached hydrogen (secondary N) is 1. The maximum absolute atomic E-state index is 12.5. The van der Waals surface area contributed by atoms with Gasteiger partial charge in [0.15, 0.2) is 6.61 Å². The van der Waals surface area contributed by atoms with Crippen LogP contribution in [-0.2, 0) is 14.8 Å². The van der Waals surface area contributed by atoms with Crippen LogP contribution in [0.15, 0.2) is 53.4 Å². The maximum Gasteiger partial charge on any atom is 0.258 e. The Morgan fingerprint density at radius 3 is 2.36 bits per heavy atom. The molecule has 0 aliphatic heterocycles. The van der Waals surface area contributed by atoms with Crippen molar-refractivity contribution in [2.24, 2.45) is 0 Å². The molecule has 1 N–H and O–H groups in total. The number of carbonyl (C=O) groups excluding carboxylic acids is 1. The molecule has 1 atom stereocenters. The van der Waals surface area contributed by atoms with Gasteiger partial charge in [0, 0.05) is 18.1 Å². The van der Waals surface area contributed by atoms with Crippen LogP contribution in [0.4, 0.5) is 0 Å². The molecule has 0 saturated heterocycles. The van der Waals surface area contributed by atoms with E-state index in [0.717, 1.165) is 5.56 Å². The third-order valence-corrected chi connectivity index (χ3v) is 6.57. The molecule has 8 heteroatoms. The van der Waals surface area contributed by atoms with Crippen molar-refractivity contribution < 1.29 is 17.9 Å². The molecule has 0 aromatic heterocycles. The summed E-state index contributed by atoms with van der Waals surface area (Å²) in [4.78, 5) is 12.3. The van der Waals surface area contributed by atoms with E-state index in [1.54, 1.807) is 62.4 Å². The lowest BCUT2D eigenvalue weighted by atomic mass is 10.1. The molecular formula is C20H25ClN2O4S. The smallest absolute Gasteiger partial charge is 0.258 e. The van der Waals surface area contributed by atoms with Crippen LogP contribution >= 0.6 is 11.6 Å². The number of hydrogen-bond acceptors (Lipinski definition) is 4. The minimum Gasteiger partial charge on any atom is -0.484 e. The second-order valence-corrected chi connectivity index (χ2v) is 8.57. The molecule has 1 amide bonds. The van der Waals surface area contributed by atoms with E-state index in [-0.39, 0.29) is 23.5 Å². The molecular weight excluding hydrogens is 400 g/mol. The molecule has 2 aromatic rings. The SMILES string of the molecule is CCN(CC)S(=O)(=O)c1ccc([C@@H](C)NC(=O)COc2cccc(Cl)c2)cc1. The number of hydrogen-bond donors (Lipinski definition) is 1. The Bertz CT molecular complexity index is 897. The molecule has 0 aliphatic rings. The Labute approximate surface area is 171 Å². The molecule has 0 unspecified atom stereocenters. The number of halogens is 1. The van der Waals surface area contributed by atoms with E-state index in [1.165, 1.54) is 4.31 Å². The first-order valence-electron chi connectivity index (χ1n) is 9.05. The molecule has 2 aromatic carbocycles. The van der Waals surface area contributed by atoms with Crippen molar-refractivity contribution in [3.63, 3.8) is 0 Å². The highest BCUT2D eigenvalue weighted by Gasteiger charge is 2.21. The molecule has 0 saturated carbocycles. The van der Waals surface area contributed by atoms with Gasteiger partial charge in [0.25, 0.3) is 5.91 Å². The first kappa shape index (κ1) is 22.2. The van der Waals surface area contributed by atoms with Gasteiger partial charge in [-0.1, -0.05) is 43.6 Å². The summed E-state index contributed by atoms with van der Waals surface area (Å²) in [5.74, 6) is 0.230. The highest BCUT2D eigenvalue weighted by molar-refractivity contribution is 7.89. The normalized spacial score (nSPS) is 12.6. The lowest BCUT2D eigenvalue weighted by molar-refractivity contribution is -0.123. The highest BCUT2D eigenvalue weighted by atomic mass is 35.5. The molecule has 6 nitrogen and oxygen atoms in total. The zero-order valence-corrected chi connectivity index (χ0v) is 17.8. The van der Waals surface area contributed by atoms with Crippen LogP contribution in [0.1, 0.15) is 32.4 Å². The Kier molecular flexibility index (Phi) is 7.86. The van der Waals surface area contributed by atoms with Crippen LogP contribution in [0.2, 0.25) is 5.02 Å². The van der Waals surface area contributed by atoms with Gasteiger partial charge in [-0.05, 0) is 42.8 Å². The quantitative estimate of drug-likeness (QED) is 0.667. The van der Waals surface area contributed by atoms with Crippen LogP contribution in [0.3, 0.4) is 0 Å². The van der Waals surface area contributed by atoms with Crippen molar-refractivity contribution in [1.29, 1.82) is 0 Å². The van der Waals surface area contributed by atoms with Crippen molar-refractivity contribution in [3.05, 3.63) is 59.1 Å².